The van der Waals surface area contributed by atoms with Crippen LogP contribution in [0.3, 0.4) is 0 Å². The smallest absolute Gasteiger partial charge is 0.409 e. The first-order valence-electron chi connectivity index (χ1n) is 6.58. The number of hydrogen-bond acceptors (Lipinski definition) is 1. The Hall–Kier alpha value is -2.29. The number of fused-ring (bicyclic) bond motifs is 1. The Morgan fingerprint density at radius 1 is 1.30 bits per heavy atom. The lowest BCUT2D eigenvalue weighted by Gasteiger charge is -2.27. The van der Waals surface area contributed by atoms with E-state index in [1.54, 1.807) is 0 Å². The molecule has 2 aromatic carbocycles. The van der Waals surface area contributed by atoms with E-state index in [4.69, 9.17) is 5.11 Å². The van der Waals surface area contributed by atoms with Gasteiger partial charge in [0.1, 0.15) is 0 Å². The summed E-state index contributed by atoms with van der Waals surface area (Å²) >= 11 is 0. The Kier molecular flexibility index (Phi) is 3.79. The van der Waals surface area contributed by atoms with Crippen molar-refractivity contribution in [2.45, 2.75) is 25.7 Å². The number of benzene rings is 2. The molecule has 0 spiro atoms. The molecule has 0 atom stereocenters. The molecule has 0 radical (unpaired) electrons. The second kappa shape index (κ2) is 5.37. The van der Waals surface area contributed by atoms with Crippen molar-refractivity contribution in [2.24, 2.45) is 0 Å². The third kappa shape index (κ3) is 2.82. The van der Waals surface area contributed by atoms with Crippen molar-refractivity contribution in [1.82, 2.24) is 0 Å². The zero-order chi connectivity index (χ0) is 14.8. The number of hydrogen-bond donors (Lipinski definition) is 2. The van der Waals surface area contributed by atoms with Gasteiger partial charge in [-0.05, 0) is 40.3 Å². The first kappa shape index (κ1) is 14.1. The van der Waals surface area contributed by atoms with Crippen LogP contribution in [0.1, 0.15) is 25.8 Å². The predicted molar refractivity (Wildman–Crippen MR) is 83.4 cm³/mol. The lowest BCUT2D eigenvalue weighted by atomic mass is 9.79. The van der Waals surface area contributed by atoms with Crippen LogP contribution in [0.25, 0.3) is 10.8 Å². The molecule has 0 fully saturated rings. The summed E-state index contributed by atoms with van der Waals surface area (Å²) < 4.78 is 0. The van der Waals surface area contributed by atoms with Crippen molar-refractivity contribution in [2.75, 3.05) is 5.32 Å². The molecule has 1 amide bonds. The van der Waals surface area contributed by atoms with Crippen LogP contribution in [0.15, 0.2) is 49.1 Å². The van der Waals surface area contributed by atoms with Gasteiger partial charge in [-0.2, -0.15) is 0 Å². The van der Waals surface area contributed by atoms with E-state index in [1.165, 1.54) is 0 Å². The third-order valence-electron chi connectivity index (χ3n) is 3.51. The molecular formula is C17H19NO2. The summed E-state index contributed by atoms with van der Waals surface area (Å²) in [5, 5.41) is 13.7. The molecule has 0 aromatic heterocycles. The fourth-order valence-corrected chi connectivity index (χ4v) is 2.49. The van der Waals surface area contributed by atoms with E-state index in [0.717, 1.165) is 22.8 Å². The highest BCUT2D eigenvalue weighted by atomic mass is 16.4. The SMILES string of the molecule is C=CCC(C)(C)c1cc2ccccc2cc1NC(=O)O. The highest BCUT2D eigenvalue weighted by Crippen LogP contribution is 2.36. The molecule has 0 bridgehead atoms. The van der Waals surface area contributed by atoms with Crippen LogP contribution in [-0.4, -0.2) is 11.2 Å². The summed E-state index contributed by atoms with van der Waals surface area (Å²) in [7, 11) is 0. The molecule has 2 aromatic rings. The Bertz CT molecular complexity index is 659. The monoisotopic (exact) mass is 269 g/mol. The molecule has 3 heteroatoms. The van der Waals surface area contributed by atoms with Gasteiger partial charge in [0.2, 0.25) is 0 Å². The summed E-state index contributed by atoms with van der Waals surface area (Å²) in [5.74, 6) is 0. The van der Waals surface area contributed by atoms with Gasteiger partial charge in [-0.1, -0.05) is 44.2 Å². The molecule has 0 heterocycles. The fraction of sp³-hybridized carbons (Fsp3) is 0.235. The topological polar surface area (TPSA) is 49.3 Å². The standard InChI is InChI=1S/C17H19NO2/c1-4-9-17(2,3)14-10-12-7-5-6-8-13(12)11-15(14)18-16(19)20/h4-8,10-11,18H,1,9H2,2-3H3,(H,19,20). The van der Waals surface area contributed by atoms with Crippen LogP contribution >= 0.6 is 0 Å². The molecule has 0 aliphatic carbocycles. The van der Waals surface area contributed by atoms with Crippen molar-refractivity contribution < 1.29 is 9.90 Å². The van der Waals surface area contributed by atoms with Gasteiger partial charge in [0.15, 0.2) is 0 Å². The Balaban J connectivity index is 2.65. The zero-order valence-corrected chi connectivity index (χ0v) is 11.8. The van der Waals surface area contributed by atoms with Crippen LogP contribution in [0, 0.1) is 0 Å². The maximum Gasteiger partial charge on any atom is 0.409 e. The number of amides is 1. The summed E-state index contributed by atoms with van der Waals surface area (Å²) in [6.45, 7) is 7.97. The lowest BCUT2D eigenvalue weighted by Crippen LogP contribution is -2.20. The average Bonchev–Trinajstić information content (AvgIpc) is 2.37. The summed E-state index contributed by atoms with van der Waals surface area (Å²) in [5.41, 5.74) is 1.45. The molecule has 2 rings (SSSR count). The second-order valence-corrected chi connectivity index (χ2v) is 5.55. The van der Waals surface area contributed by atoms with Crippen molar-refractivity contribution >= 4 is 22.6 Å². The first-order chi connectivity index (χ1) is 9.44. The van der Waals surface area contributed by atoms with E-state index >= 15 is 0 Å². The minimum Gasteiger partial charge on any atom is -0.465 e. The van der Waals surface area contributed by atoms with Gasteiger partial charge in [-0.3, -0.25) is 5.32 Å². The minimum absolute atomic E-state index is 0.177. The summed E-state index contributed by atoms with van der Waals surface area (Å²) in [6.07, 6.45) is 1.59. The lowest BCUT2D eigenvalue weighted by molar-refractivity contribution is 0.209. The van der Waals surface area contributed by atoms with E-state index in [0.29, 0.717) is 5.69 Å². The number of allylic oxidation sites excluding steroid dienone is 1. The zero-order valence-electron chi connectivity index (χ0n) is 11.8. The molecule has 2 N–H and O–H groups in total. The normalized spacial score (nSPS) is 11.3. The van der Waals surface area contributed by atoms with Gasteiger partial charge in [-0.25, -0.2) is 4.79 Å². The second-order valence-electron chi connectivity index (χ2n) is 5.55. The number of nitrogens with one attached hydrogen (secondary N) is 1. The molecule has 0 saturated carbocycles. The van der Waals surface area contributed by atoms with E-state index in [-0.39, 0.29) is 5.41 Å². The highest BCUT2D eigenvalue weighted by Gasteiger charge is 2.23. The molecule has 20 heavy (non-hydrogen) atoms. The van der Waals surface area contributed by atoms with Gasteiger partial charge in [0.05, 0.1) is 0 Å². The molecule has 0 aliphatic heterocycles. The highest BCUT2D eigenvalue weighted by molar-refractivity contribution is 5.92. The molecule has 104 valence electrons. The van der Waals surface area contributed by atoms with Gasteiger partial charge in [0.25, 0.3) is 0 Å². The van der Waals surface area contributed by atoms with E-state index < -0.39 is 6.09 Å². The van der Waals surface area contributed by atoms with Crippen molar-refractivity contribution in [3.05, 3.63) is 54.6 Å². The van der Waals surface area contributed by atoms with E-state index in [1.807, 2.05) is 36.4 Å². The van der Waals surface area contributed by atoms with Gasteiger partial charge >= 0.3 is 6.09 Å². The molecule has 3 nitrogen and oxygen atoms in total. The van der Waals surface area contributed by atoms with Crippen molar-refractivity contribution in [1.29, 1.82) is 0 Å². The number of carbonyl (C=O) groups is 1. The Labute approximate surface area is 118 Å². The third-order valence-corrected chi connectivity index (χ3v) is 3.51. The van der Waals surface area contributed by atoms with Crippen molar-refractivity contribution in [3.8, 4) is 0 Å². The van der Waals surface area contributed by atoms with Crippen molar-refractivity contribution in [3.63, 3.8) is 0 Å². The first-order valence-corrected chi connectivity index (χ1v) is 6.58. The molecule has 0 saturated heterocycles. The Morgan fingerprint density at radius 2 is 1.90 bits per heavy atom. The minimum atomic E-state index is -1.05. The summed E-state index contributed by atoms with van der Waals surface area (Å²) in [4.78, 5) is 11.0. The summed E-state index contributed by atoms with van der Waals surface area (Å²) in [6, 6.07) is 11.9. The van der Waals surface area contributed by atoms with Gasteiger partial charge in [-0.15, -0.1) is 6.58 Å². The van der Waals surface area contributed by atoms with Crippen LogP contribution in [0.2, 0.25) is 0 Å². The van der Waals surface area contributed by atoms with Crippen LogP contribution in [0.5, 0.6) is 0 Å². The molecule has 0 aliphatic rings. The van der Waals surface area contributed by atoms with Crippen LogP contribution in [-0.2, 0) is 5.41 Å². The predicted octanol–water partition coefficient (Wildman–Crippen LogP) is 4.78. The van der Waals surface area contributed by atoms with Gasteiger partial charge < -0.3 is 5.11 Å². The maximum absolute atomic E-state index is 11.0. The fourth-order valence-electron chi connectivity index (χ4n) is 2.49. The number of carboxylic acid groups (broad SMARTS) is 1. The molecule has 0 unspecified atom stereocenters. The van der Waals surface area contributed by atoms with E-state index in [2.05, 4.69) is 31.8 Å². The largest absolute Gasteiger partial charge is 0.465 e. The maximum atomic E-state index is 11.0. The van der Waals surface area contributed by atoms with Crippen LogP contribution < -0.4 is 5.32 Å². The van der Waals surface area contributed by atoms with E-state index in [9.17, 15) is 4.79 Å². The number of rotatable bonds is 4. The Morgan fingerprint density at radius 3 is 2.45 bits per heavy atom. The average molecular weight is 269 g/mol. The van der Waals surface area contributed by atoms with Gasteiger partial charge in [0, 0.05) is 5.69 Å². The van der Waals surface area contributed by atoms with Crippen LogP contribution in [0.4, 0.5) is 10.5 Å². The molecular weight excluding hydrogens is 250 g/mol. The quantitative estimate of drug-likeness (QED) is 0.784. The number of anilines is 1.